The summed E-state index contributed by atoms with van der Waals surface area (Å²) in [6.07, 6.45) is 0. The van der Waals surface area contributed by atoms with Crippen molar-refractivity contribution in [1.29, 1.82) is 0 Å². The second kappa shape index (κ2) is 78.4. The Morgan fingerprint density at radius 3 is 0.625 bits per heavy atom. The molecule has 0 heterocycles. The standard InChI is InChI=1S/Lu.Nb.4H2O.Pb.Ti.2H/h;;4*1H2;;;;. The molecule has 0 aliphatic carbocycles. The van der Waals surface area contributed by atoms with E-state index in [0.717, 1.165) is 0 Å². The molecule has 8 N–H and O–H groups in total. The van der Waals surface area contributed by atoms with Gasteiger partial charge in [-0.25, -0.2) is 0 Å². The first-order chi connectivity index (χ1) is 0. The van der Waals surface area contributed by atoms with Crippen molar-refractivity contribution in [1.82, 2.24) is 0 Å². The molecule has 0 aromatic carbocycles. The van der Waals surface area contributed by atoms with E-state index in [1.54, 1.807) is 0 Å². The monoisotopic (exact) mass is 598 g/mol. The summed E-state index contributed by atoms with van der Waals surface area (Å²) in [6, 6.07) is 0. The molecule has 62 valence electrons. The van der Waals surface area contributed by atoms with E-state index in [1.807, 2.05) is 0 Å². The van der Waals surface area contributed by atoms with Gasteiger partial charge in [-0.15, -0.1) is 0 Å². The number of rotatable bonds is 0. The van der Waals surface area contributed by atoms with Crippen molar-refractivity contribution in [3.8, 4) is 0 Å². The first-order valence-corrected chi connectivity index (χ1v) is 0. The molecule has 0 atom stereocenters. The molecule has 0 aliphatic rings. The van der Waals surface area contributed by atoms with Crippen LogP contribution in [-0.4, -0.2) is 49.2 Å². The predicted molar refractivity (Wildman–Crippen MR) is 23.0 cm³/mol. The van der Waals surface area contributed by atoms with Gasteiger partial charge in [-0.05, 0) is 0 Å². The maximum absolute atomic E-state index is 0. The maximum atomic E-state index is 0. The molecule has 0 aromatic rings. The van der Waals surface area contributed by atoms with E-state index in [9.17, 15) is 0 Å². The van der Waals surface area contributed by atoms with Crippen LogP contribution in [0.25, 0.3) is 0 Å². The summed E-state index contributed by atoms with van der Waals surface area (Å²) < 4.78 is 0. The summed E-state index contributed by atoms with van der Waals surface area (Å²) in [7, 11) is 0. The smallest absolute Gasteiger partial charge is 0 e. The Kier molecular flexibility index (Phi) is 1030. The Labute approximate surface area is 128 Å². The van der Waals surface area contributed by atoms with Gasteiger partial charge in [-0.1, -0.05) is 0 Å². The van der Waals surface area contributed by atoms with Crippen molar-refractivity contribution >= 4 is 27.3 Å². The minimum atomic E-state index is 0. The molecule has 0 aromatic heterocycles. The third kappa shape index (κ3) is 56.7. The molecule has 8 heavy (non-hydrogen) atoms. The quantitative estimate of drug-likeness (QED) is 0.252. The van der Waals surface area contributed by atoms with Crippen molar-refractivity contribution in [2.75, 3.05) is 0 Å². The second-order valence-corrected chi connectivity index (χ2v) is 0. The minimum Gasteiger partial charge on any atom is 0 e. The van der Waals surface area contributed by atoms with Crippen LogP contribution >= 0.6 is 0 Å². The first kappa shape index (κ1) is 105. The second-order valence-electron chi connectivity index (χ2n) is 0. The van der Waals surface area contributed by atoms with Crippen LogP contribution in [0.5, 0.6) is 0 Å². The molecular formula is H10LuNbO4PbTi. The van der Waals surface area contributed by atoms with E-state index in [-0.39, 0.29) is 130 Å². The Bertz CT molecular complexity index is 16.0. The van der Waals surface area contributed by atoms with Gasteiger partial charge in [0.15, 0.2) is 0 Å². The van der Waals surface area contributed by atoms with Gasteiger partial charge in [-0.3, -0.25) is 0 Å². The Hall–Kier alpha value is 3.45. The summed E-state index contributed by atoms with van der Waals surface area (Å²) >= 11 is 0. The zero-order valence-electron chi connectivity index (χ0n) is 3.91. The van der Waals surface area contributed by atoms with Crippen molar-refractivity contribution in [3.63, 3.8) is 0 Å². The van der Waals surface area contributed by atoms with Crippen LogP contribution in [0.4, 0.5) is 0 Å². The summed E-state index contributed by atoms with van der Waals surface area (Å²) in [5.41, 5.74) is 0. The van der Waals surface area contributed by atoms with E-state index >= 15 is 0 Å². The summed E-state index contributed by atoms with van der Waals surface area (Å²) in [4.78, 5) is 0. The molecule has 0 amide bonds. The normalized spacial score (nSPS) is 0. The van der Waals surface area contributed by atoms with Gasteiger partial charge in [0.05, 0.1) is 0 Å². The molecule has 8 heteroatoms. The van der Waals surface area contributed by atoms with Gasteiger partial charge in [0.2, 0.25) is 0 Å². The van der Waals surface area contributed by atoms with E-state index in [2.05, 4.69) is 0 Å². The molecule has 4 radical (unpaired) electrons. The number of hydrogen-bond donors (Lipinski definition) is 0. The van der Waals surface area contributed by atoms with Crippen molar-refractivity contribution in [3.05, 3.63) is 0 Å². The molecule has 0 bridgehead atoms. The average Bonchev–Trinajstić information content (AvgIpc) is 0. The number of hydrogen-bond acceptors (Lipinski definition) is 0. The largest absolute Gasteiger partial charge is 0 e. The first-order valence-electron chi connectivity index (χ1n) is 0. The van der Waals surface area contributed by atoms with Gasteiger partial charge in [0, 0.05) is 81.0 Å². The van der Waals surface area contributed by atoms with Crippen LogP contribution in [0, 0.1) is 36.9 Å². The van der Waals surface area contributed by atoms with E-state index in [1.165, 1.54) is 0 Å². The van der Waals surface area contributed by atoms with Gasteiger partial charge in [0.1, 0.15) is 0 Å². The predicted octanol–water partition coefficient (Wildman–Crippen LogP) is -4.22. The fraction of sp³-hybridized carbons (Fsp3) is 0. The molecule has 0 unspecified atom stereocenters. The molecule has 0 fully saturated rings. The minimum absolute atomic E-state index is 0. The van der Waals surface area contributed by atoms with Gasteiger partial charge < -0.3 is 21.9 Å². The van der Waals surface area contributed by atoms with Crippen LogP contribution in [0.2, 0.25) is 0 Å². The Morgan fingerprint density at radius 2 is 0.625 bits per heavy atom. The third-order valence-corrected chi connectivity index (χ3v) is 0. The fourth-order valence-electron chi connectivity index (χ4n) is 0. The maximum Gasteiger partial charge on any atom is 0 e. The van der Waals surface area contributed by atoms with Crippen molar-refractivity contribution in [2.24, 2.45) is 0 Å². The van der Waals surface area contributed by atoms with Gasteiger partial charge in [0.25, 0.3) is 0 Å². The molecule has 0 rings (SSSR count). The van der Waals surface area contributed by atoms with Crippen LogP contribution in [-0.2, 0) is 44.1 Å². The van der Waals surface area contributed by atoms with E-state index in [0.29, 0.717) is 0 Å². The van der Waals surface area contributed by atoms with Crippen LogP contribution in [0.15, 0.2) is 0 Å². The van der Waals surface area contributed by atoms with Crippen molar-refractivity contribution < 1.29 is 103 Å². The zero-order chi connectivity index (χ0) is 0. The zero-order valence-corrected chi connectivity index (χ0v) is 14.8. The van der Waals surface area contributed by atoms with Gasteiger partial charge in [-0.2, -0.15) is 0 Å². The summed E-state index contributed by atoms with van der Waals surface area (Å²) in [5.74, 6) is 0. The van der Waals surface area contributed by atoms with E-state index < -0.39 is 0 Å². The van der Waals surface area contributed by atoms with Crippen LogP contribution in [0.1, 0.15) is 0 Å². The molecule has 0 aliphatic heterocycles. The molecular weight excluding hydrogens is 587 g/mol. The van der Waals surface area contributed by atoms with Crippen LogP contribution in [0.3, 0.4) is 0 Å². The molecule has 0 spiro atoms. The van der Waals surface area contributed by atoms with Crippen molar-refractivity contribution in [2.45, 2.75) is 0 Å². The summed E-state index contributed by atoms with van der Waals surface area (Å²) in [5, 5.41) is 0. The van der Waals surface area contributed by atoms with Crippen LogP contribution < -0.4 is 0 Å². The summed E-state index contributed by atoms with van der Waals surface area (Å²) in [6.45, 7) is 0. The fourth-order valence-corrected chi connectivity index (χ4v) is 0. The molecule has 0 saturated carbocycles. The van der Waals surface area contributed by atoms with E-state index in [4.69, 9.17) is 0 Å². The Balaban J connectivity index is 0. The SMILES string of the molecule is O.O.O.O.[Lu].[Nb].[PbH2].[Ti]. The average molecular weight is 597 g/mol. The van der Waals surface area contributed by atoms with Gasteiger partial charge >= 0.3 is 27.3 Å². The Morgan fingerprint density at radius 1 is 0.625 bits per heavy atom. The molecule has 4 nitrogen and oxygen atoms in total. The topological polar surface area (TPSA) is 126 Å². The third-order valence-electron chi connectivity index (χ3n) is 0. The molecule has 0 saturated heterocycles.